The molecule has 9 heteroatoms. The second-order valence-electron chi connectivity index (χ2n) is 7.33. The number of amides is 1. The molecule has 1 aromatic carbocycles. The van der Waals surface area contributed by atoms with E-state index in [9.17, 15) is 4.79 Å². The number of carbonyl (C=O) groups is 1. The second kappa shape index (κ2) is 8.02. The highest BCUT2D eigenvalue weighted by molar-refractivity contribution is 6.30. The molecule has 8 nitrogen and oxygen atoms in total. The van der Waals surface area contributed by atoms with E-state index in [0.717, 1.165) is 22.4 Å². The number of nitrogens with zero attached hydrogens (tertiary/aromatic N) is 4. The van der Waals surface area contributed by atoms with Crippen molar-refractivity contribution < 1.29 is 19.0 Å². The quantitative estimate of drug-likeness (QED) is 0.554. The number of rotatable bonds is 6. The monoisotopic (exact) mass is 430 g/mol. The van der Waals surface area contributed by atoms with Crippen molar-refractivity contribution in [2.24, 2.45) is 7.05 Å². The molecule has 0 saturated carbocycles. The number of hydrogen-bond acceptors (Lipinski definition) is 6. The number of cyclic esters (lactones) is 1. The van der Waals surface area contributed by atoms with Gasteiger partial charge in [-0.3, -0.25) is 4.68 Å². The molecule has 3 aromatic rings. The third-order valence-electron chi connectivity index (χ3n) is 5.30. The van der Waals surface area contributed by atoms with Gasteiger partial charge in [0.05, 0.1) is 19.0 Å². The van der Waals surface area contributed by atoms with Crippen LogP contribution < -0.4 is 9.47 Å². The van der Waals surface area contributed by atoms with E-state index in [-0.39, 0.29) is 6.09 Å². The zero-order valence-electron chi connectivity index (χ0n) is 17.3. The van der Waals surface area contributed by atoms with Gasteiger partial charge in [-0.1, -0.05) is 23.7 Å². The van der Waals surface area contributed by atoms with Crippen LogP contribution in [-0.4, -0.2) is 51.6 Å². The average Bonchev–Trinajstić information content (AvgIpc) is 3.21. The van der Waals surface area contributed by atoms with Crippen molar-refractivity contribution in [2.75, 3.05) is 13.7 Å². The molecule has 2 unspecified atom stereocenters. The van der Waals surface area contributed by atoms with Crippen molar-refractivity contribution in [3.63, 3.8) is 0 Å². The fourth-order valence-electron chi connectivity index (χ4n) is 3.49. The zero-order valence-corrected chi connectivity index (χ0v) is 18.0. The molecule has 0 aliphatic carbocycles. The van der Waals surface area contributed by atoms with Crippen LogP contribution in [-0.2, 0) is 18.3 Å². The van der Waals surface area contributed by atoms with Gasteiger partial charge in [0.1, 0.15) is 22.5 Å². The minimum absolute atomic E-state index is 0.298. The van der Waals surface area contributed by atoms with E-state index in [1.807, 2.05) is 45.2 Å². The van der Waals surface area contributed by atoms with Crippen LogP contribution in [0.1, 0.15) is 18.2 Å². The molecule has 1 aliphatic heterocycles. The van der Waals surface area contributed by atoms with Crippen LogP contribution in [0.2, 0.25) is 5.15 Å². The molecule has 0 spiro atoms. The first-order valence-corrected chi connectivity index (χ1v) is 9.98. The number of methoxy groups -OCH3 is 1. The van der Waals surface area contributed by atoms with Crippen molar-refractivity contribution in [2.45, 2.75) is 32.6 Å². The molecule has 1 saturated heterocycles. The fraction of sp³-hybridized carbons (Fsp3) is 0.381. The van der Waals surface area contributed by atoms with Gasteiger partial charge in [-0.15, -0.1) is 0 Å². The summed E-state index contributed by atoms with van der Waals surface area (Å²) in [5, 5.41) is 5.53. The lowest BCUT2D eigenvalue weighted by Gasteiger charge is -2.19. The largest absolute Gasteiger partial charge is 0.497 e. The molecule has 0 N–H and O–H groups in total. The maximum Gasteiger partial charge on any atom is 0.410 e. The SMILES string of the molecule is COc1ccc(CN2CC(C(C)Oc3nc(Cl)cc4nn(C)c(C)c34)OC2=O)cc1. The van der Waals surface area contributed by atoms with Crippen LogP contribution in [0.15, 0.2) is 30.3 Å². The average molecular weight is 431 g/mol. The lowest BCUT2D eigenvalue weighted by molar-refractivity contribution is 0.0562. The highest BCUT2D eigenvalue weighted by Gasteiger charge is 2.36. The molecule has 1 fully saturated rings. The summed E-state index contributed by atoms with van der Waals surface area (Å²) in [4.78, 5) is 18.4. The molecule has 4 rings (SSSR count). The highest BCUT2D eigenvalue weighted by atomic mass is 35.5. The van der Waals surface area contributed by atoms with Gasteiger partial charge in [-0.25, -0.2) is 9.78 Å². The van der Waals surface area contributed by atoms with E-state index < -0.39 is 12.2 Å². The number of hydrogen-bond donors (Lipinski definition) is 0. The Hall–Kier alpha value is -3.00. The molecule has 1 aliphatic rings. The maximum atomic E-state index is 12.4. The van der Waals surface area contributed by atoms with Gasteiger partial charge in [-0.05, 0) is 31.5 Å². The Morgan fingerprint density at radius 1 is 1.33 bits per heavy atom. The molecule has 2 atom stereocenters. The van der Waals surface area contributed by atoms with Gasteiger partial charge >= 0.3 is 6.09 Å². The number of aryl methyl sites for hydroxylation is 2. The van der Waals surface area contributed by atoms with Crippen molar-refractivity contribution in [1.82, 2.24) is 19.7 Å². The Morgan fingerprint density at radius 3 is 2.77 bits per heavy atom. The van der Waals surface area contributed by atoms with Gasteiger partial charge in [0.25, 0.3) is 0 Å². The molecule has 0 radical (unpaired) electrons. The molecule has 0 bridgehead atoms. The van der Waals surface area contributed by atoms with E-state index in [1.54, 1.807) is 22.8 Å². The van der Waals surface area contributed by atoms with E-state index in [0.29, 0.717) is 29.6 Å². The van der Waals surface area contributed by atoms with Gasteiger partial charge in [0.2, 0.25) is 5.88 Å². The number of halogens is 1. The summed E-state index contributed by atoms with van der Waals surface area (Å²) in [7, 11) is 3.47. The van der Waals surface area contributed by atoms with E-state index in [1.165, 1.54) is 0 Å². The van der Waals surface area contributed by atoms with E-state index in [2.05, 4.69) is 10.1 Å². The predicted molar refractivity (Wildman–Crippen MR) is 112 cm³/mol. The first-order valence-electron chi connectivity index (χ1n) is 9.60. The summed E-state index contributed by atoms with van der Waals surface area (Å²) in [5.41, 5.74) is 2.62. The zero-order chi connectivity index (χ0) is 21.4. The number of pyridine rings is 1. The third-order valence-corrected chi connectivity index (χ3v) is 5.50. The van der Waals surface area contributed by atoms with Crippen molar-refractivity contribution in [3.8, 4) is 11.6 Å². The summed E-state index contributed by atoms with van der Waals surface area (Å²) in [6.07, 6.45) is -1.21. The summed E-state index contributed by atoms with van der Waals surface area (Å²) in [6, 6.07) is 9.29. The van der Waals surface area contributed by atoms with Crippen molar-refractivity contribution in [3.05, 3.63) is 46.7 Å². The van der Waals surface area contributed by atoms with Crippen LogP contribution in [0, 0.1) is 6.92 Å². The van der Waals surface area contributed by atoms with Crippen LogP contribution in [0.4, 0.5) is 4.79 Å². The smallest absolute Gasteiger partial charge is 0.410 e. The Morgan fingerprint density at radius 2 is 2.07 bits per heavy atom. The Bertz CT molecular complexity index is 1080. The van der Waals surface area contributed by atoms with Gasteiger partial charge < -0.3 is 19.1 Å². The van der Waals surface area contributed by atoms with Crippen LogP contribution in [0.5, 0.6) is 11.6 Å². The van der Waals surface area contributed by atoms with Gasteiger partial charge in [0, 0.05) is 25.4 Å². The van der Waals surface area contributed by atoms with Crippen molar-refractivity contribution in [1.29, 1.82) is 0 Å². The molecule has 2 aromatic heterocycles. The molecular weight excluding hydrogens is 408 g/mol. The lowest BCUT2D eigenvalue weighted by Crippen LogP contribution is -2.33. The Balaban J connectivity index is 1.47. The first-order chi connectivity index (χ1) is 14.4. The highest BCUT2D eigenvalue weighted by Crippen LogP contribution is 2.30. The number of carbonyl (C=O) groups excluding carboxylic acids is 1. The van der Waals surface area contributed by atoms with Crippen LogP contribution in [0.25, 0.3) is 10.9 Å². The fourth-order valence-corrected chi connectivity index (χ4v) is 3.67. The van der Waals surface area contributed by atoms with E-state index >= 15 is 0 Å². The molecule has 1 amide bonds. The molecule has 30 heavy (non-hydrogen) atoms. The minimum atomic E-state index is -0.427. The second-order valence-corrected chi connectivity index (χ2v) is 7.71. The standard InChI is InChI=1S/C21H23ClN4O4/c1-12-19-16(24-25(12)3)9-18(22)23-20(19)29-13(2)17-11-26(21(27)30-17)10-14-5-7-15(28-4)8-6-14/h5-9,13,17H,10-11H2,1-4H3. The molecular formula is C21H23ClN4O4. The molecule has 3 heterocycles. The first kappa shape index (κ1) is 20.3. The summed E-state index contributed by atoms with van der Waals surface area (Å²) >= 11 is 6.14. The van der Waals surface area contributed by atoms with E-state index in [4.69, 9.17) is 25.8 Å². The lowest BCUT2D eigenvalue weighted by atomic mass is 10.2. The Kier molecular flexibility index (Phi) is 5.42. The van der Waals surface area contributed by atoms with Crippen LogP contribution in [0.3, 0.4) is 0 Å². The number of benzene rings is 1. The predicted octanol–water partition coefficient (Wildman–Crippen LogP) is 3.73. The summed E-state index contributed by atoms with van der Waals surface area (Å²) < 4.78 is 18.6. The summed E-state index contributed by atoms with van der Waals surface area (Å²) in [5.74, 6) is 1.16. The topological polar surface area (TPSA) is 78.7 Å². The molecule has 158 valence electrons. The maximum absolute atomic E-state index is 12.4. The van der Waals surface area contributed by atoms with Gasteiger partial charge in [0.15, 0.2) is 6.10 Å². The number of fused-ring (bicyclic) bond motifs is 1. The summed E-state index contributed by atoms with van der Waals surface area (Å²) in [6.45, 7) is 4.67. The van der Waals surface area contributed by atoms with Gasteiger partial charge in [-0.2, -0.15) is 5.10 Å². The normalized spacial score (nSPS) is 17.3. The number of aromatic nitrogens is 3. The minimum Gasteiger partial charge on any atom is -0.497 e. The van der Waals surface area contributed by atoms with Crippen molar-refractivity contribution >= 4 is 28.6 Å². The van der Waals surface area contributed by atoms with Crippen LogP contribution >= 0.6 is 11.6 Å². The number of ether oxygens (including phenoxy) is 3. The third kappa shape index (κ3) is 3.87. The Labute approximate surface area is 179 Å².